The summed E-state index contributed by atoms with van der Waals surface area (Å²) in [5, 5.41) is 9.60. The number of aromatic nitrogens is 3. The first kappa shape index (κ1) is 10.1. The van der Waals surface area contributed by atoms with Crippen LogP contribution in [0.4, 0.5) is 0 Å². The van der Waals surface area contributed by atoms with Crippen molar-refractivity contribution in [3.63, 3.8) is 0 Å². The predicted molar refractivity (Wildman–Crippen MR) is 59.5 cm³/mol. The molecule has 86 valence electrons. The van der Waals surface area contributed by atoms with Crippen LogP contribution in [-0.2, 0) is 13.1 Å². The van der Waals surface area contributed by atoms with E-state index in [1.807, 2.05) is 13.1 Å². The molecule has 0 aliphatic carbocycles. The van der Waals surface area contributed by atoms with Crippen LogP contribution in [0.15, 0.2) is 12.3 Å². The van der Waals surface area contributed by atoms with Crippen LogP contribution < -0.4 is 0 Å². The van der Waals surface area contributed by atoms with Crippen LogP contribution in [0.5, 0.6) is 0 Å². The lowest BCUT2D eigenvalue weighted by molar-refractivity contribution is 0.0684. The molecule has 6 nitrogen and oxygen atoms in total. The van der Waals surface area contributed by atoms with Crippen molar-refractivity contribution in [1.82, 2.24) is 19.9 Å². The van der Waals surface area contributed by atoms with Crippen molar-refractivity contribution in [3.8, 4) is 0 Å². The van der Waals surface area contributed by atoms with Crippen molar-refractivity contribution in [2.45, 2.75) is 13.1 Å². The number of carboxylic acids is 1. The second-order valence-electron chi connectivity index (χ2n) is 4.18. The van der Waals surface area contributed by atoms with E-state index < -0.39 is 5.97 Å². The van der Waals surface area contributed by atoms with Gasteiger partial charge in [0, 0.05) is 24.7 Å². The summed E-state index contributed by atoms with van der Waals surface area (Å²) in [6, 6.07) is 1.98. The Morgan fingerprint density at radius 2 is 2.24 bits per heavy atom. The van der Waals surface area contributed by atoms with Crippen LogP contribution in [0.25, 0.3) is 11.0 Å². The van der Waals surface area contributed by atoms with E-state index in [9.17, 15) is 4.79 Å². The molecule has 3 heterocycles. The lowest BCUT2D eigenvalue weighted by Gasteiger charge is -2.01. The minimum Gasteiger partial charge on any atom is -0.475 e. The van der Waals surface area contributed by atoms with Gasteiger partial charge in [-0.15, -0.1) is 0 Å². The normalized spacial score (nSPS) is 15.1. The van der Waals surface area contributed by atoms with E-state index in [4.69, 9.17) is 5.11 Å². The molecule has 0 amide bonds. The van der Waals surface area contributed by atoms with Gasteiger partial charge in [0.1, 0.15) is 0 Å². The molecule has 0 radical (unpaired) electrons. The van der Waals surface area contributed by atoms with E-state index in [0.717, 1.165) is 29.7 Å². The van der Waals surface area contributed by atoms with Gasteiger partial charge in [0.15, 0.2) is 5.65 Å². The van der Waals surface area contributed by atoms with E-state index in [0.29, 0.717) is 5.65 Å². The molecule has 0 atom stereocenters. The quantitative estimate of drug-likeness (QED) is 0.775. The standard InChI is InChI=1S/C11H10N4O2/c1-15-4-7-2-6-3-12-10(11(16)17)14-9(6)13-8(7)5-15/h2-3H,4-5H2,1H3,(H,16,17). The largest absolute Gasteiger partial charge is 0.475 e. The van der Waals surface area contributed by atoms with E-state index in [-0.39, 0.29) is 5.82 Å². The number of nitrogens with zero attached hydrogens (tertiary/aromatic N) is 4. The lowest BCUT2D eigenvalue weighted by atomic mass is 10.2. The number of hydrogen-bond acceptors (Lipinski definition) is 5. The third-order valence-electron chi connectivity index (χ3n) is 2.79. The van der Waals surface area contributed by atoms with E-state index in [2.05, 4.69) is 19.9 Å². The van der Waals surface area contributed by atoms with Gasteiger partial charge in [-0.2, -0.15) is 0 Å². The monoisotopic (exact) mass is 230 g/mol. The maximum Gasteiger partial charge on any atom is 0.374 e. The number of pyridine rings is 1. The maximum absolute atomic E-state index is 10.8. The average Bonchev–Trinajstić information content (AvgIpc) is 2.63. The molecule has 1 N–H and O–H groups in total. The Bertz CT molecular complexity index is 626. The molecule has 0 aromatic carbocycles. The smallest absolute Gasteiger partial charge is 0.374 e. The summed E-state index contributed by atoms with van der Waals surface area (Å²) >= 11 is 0. The number of carbonyl (C=O) groups is 1. The third kappa shape index (κ3) is 1.62. The SMILES string of the molecule is CN1Cc2cc3cnc(C(=O)O)nc3nc2C1. The van der Waals surface area contributed by atoms with Gasteiger partial charge in [-0.25, -0.2) is 19.7 Å². The van der Waals surface area contributed by atoms with Gasteiger partial charge < -0.3 is 5.11 Å². The average molecular weight is 230 g/mol. The first-order valence-corrected chi connectivity index (χ1v) is 5.21. The minimum atomic E-state index is -1.13. The van der Waals surface area contributed by atoms with Crippen molar-refractivity contribution in [3.05, 3.63) is 29.3 Å². The zero-order valence-electron chi connectivity index (χ0n) is 9.21. The Kier molecular flexibility index (Phi) is 2.05. The van der Waals surface area contributed by atoms with Gasteiger partial charge in [0.05, 0.1) is 5.69 Å². The molecule has 2 aromatic heterocycles. The molecule has 0 fully saturated rings. The van der Waals surface area contributed by atoms with Crippen molar-refractivity contribution in [2.75, 3.05) is 7.05 Å². The molecule has 0 saturated heterocycles. The molecular formula is C11H10N4O2. The first-order chi connectivity index (χ1) is 8.13. The molecule has 2 aromatic rings. The van der Waals surface area contributed by atoms with Crippen LogP contribution in [0, 0.1) is 0 Å². The number of carboxylic acid groups (broad SMARTS) is 1. The summed E-state index contributed by atoms with van der Waals surface area (Å²) in [5.74, 6) is -1.34. The van der Waals surface area contributed by atoms with E-state index >= 15 is 0 Å². The first-order valence-electron chi connectivity index (χ1n) is 5.21. The molecule has 0 unspecified atom stereocenters. The fourth-order valence-electron chi connectivity index (χ4n) is 2.02. The molecule has 0 bridgehead atoms. The zero-order valence-corrected chi connectivity index (χ0v) is 9.21. The molecule has 1 aliphatic rings. The highest BCUT2D eigenvalue weighted by atomic mass is 16.4. The minimum absolute atomic E-state index is 0.212. The summed E-state index contributed by atoms with van der Waals surface area (Å²) in [6.07, 6.45) is 1.51. The Morgan fingerprint density at radius 1 is 1.41 bits per heavy atom. The number of fused-ring (bicyclic) bond motifs is 2. The highest BCUT2D eigenvalue weighted by Gasteiger charge is 2.18. The fourth-order valence-corrected chi connectivity index (χ4v) is 2.02. The fraction of sp³-hybridized carbons (Fsp3) is 0.273. The Morgan fingerprint density at radius 3 is 3.00 bits per heavy atom. The summed E-state index contributed by atoms with van der Waals surface area (Å²) in [4.78, 5) is 25.0. The predicted octanol–water partition coefficient (Wildman–Crippen LogP) is 0.668. The van der Waals surface area contributed by atoms with Gasteiger partial charge >= 0.3 is 5.97 Å². The van der Waals surface area contributed by atoms with Crippen LogP contribution in [0.2, 0.25) is 0 Å². The van der Waals surface area contributed by atoms with Crippen molar-refractivity contribution < 1.29 is 9.90 Å². The lowest BCUT2D eigenvalue weighted by Crippen LogP contribution is -2.07. The summed E-state index contributed by atoms with van der Waals surface area (Å²) in [7, 11) is 2.01. The van der Waals surface area contributed by atoms with Crippen molar-refractivity contribution in [2.24, 2.45) is 0 Å². The number of rotatable bonds is 1. The highest BCUT2D eigenvalue weighted by Crippen LogP contribution is 2.22. The number of aromatic carboxylic acids is 1. The van der Waals surface area contributed by atoms with Gasteiger partial charge in [0.2, 0.25) is 5.82 Å². The Hall–Kier alpha value is -2.08. The topological polar surface area (TPSA) is 79.2 Å². The van der Waals surface area contributed by atoms with Gasteiger partial charge in [-0.3, -0.25) is 4.90 Å². The maximum atomic E-state index is 10.8. The van der Waals surface area contributed by atoms with E-state index in [1.165, 1.54) is 6.20 Å². The van der Waals surface area contributed by atoms with Crippen LogP contribution in [-0.4, -0.2) is 38.0 Å². The summed E-state index contributed by atoms with van der Waals surface area (Å²) < 4.78 is 0. The Labute approximate surface area is 96.9 Å². The third-order valence-corrected chi connectivity index (χ3v) is 2.79. The molecule has 1 aliphatic heterocycles. The highest BCUT2D eigenvalue weighted by molar-refractivity contribution is 5.86. The molecule has 0 saturated carbocycles. The summed E-state index contributed by atoms with van der Waals surface area (Å²) in [6.45, 7) is 1.64. The van der Waals surface area contributed by atoms with Gasteiger partial charge in [0.25, 0.3) is 0 Å². The zero-order chi connectivity index (χ0) is 12.0. The second kappa shape index (κ2) is 3.46. The van der Waals surface area contributed by atoms with Crippen LogP contribution in [0.1, 0.15) is 21.9 Å². The molecule has 17 heavy (non-hydrogen) atoms. The van der Waals surface area contributed by atoms with Crippen LogP contribution >= 0.6 is 0 Å². The second-order valence-corrected chi connectivity index (χ2v) is 4.18. The van der Waals surface area contributed by atoms with Crippen LogP contribution in [0.3, 0.4) is 0 Å². The molecular weight excluding hydrogens is 220 g/mol. The molecule has 0 spiro atoms. The molecule has 6 heteroatoms. The van der Waals surface area contributed by atoms with E-state index in [1.54, 1.807) is 0 Å². The van der Waals surface area contributed by atoms with Gasteiger partial charge in [-0.05, 0) is 18.7 Å². The van der Waals surface area contributed by atoms with Gasteiger partial charge in [-0.1, -0.05) is 0 Å². The summed E-state index contributed by atoms with van der Waals surface area (Å²) in [5.41, 5.74) is 2.58. The Balaban J connectivity index is 2.19. The number of hydrogen-bond donors (Lipinski definition) is 1. The molecule has 3 rings (SSSR count). The van der Waals surface area contributed by atoms with Crippen molar-refractivity contribution >= 4 is 17.0 Å². The van der Waals surface area contributed by atoms with Crippen molar-refractivity contribution in [1.29, 1.82) is 0 Å².